The summed E-state index contributed by atoms with van der Waals surface area (Å²) in [5, 5.41) is 3.35. The van der Waals surface area contributed by atoms with E-state index in [9.17, 15) is 0 Å². The molecule has 1 rings (SSSR count). The van der Waals surface area contributed by atoms with Crippen LogP contribution in [0.15, 0.2) is 36.2 Å². The fourth-order valence-electron chi connectivity index (χ4n) is 1.78. The lowest BCUT2D eigenvalue weighted by Crippen LogP contribution is -2.28. The maximum atomic E-state index is 3.35. The number of hydrogen-bond acceptors (Lipinski definition) is 2. The third-order valence-corrected chi connectivity index (χ3v) is 2.73. The number of hydrogen-bond donors (Lipinski definition) is 1. The smallest absolute Gasteiger partial charge is 0.0222 e. The summed E-state index contributed by atoms with van der Waals surface area (Å²) in [5.74, 6) is 0. The van der Waals surface area contributed by atoms with Gasteiger partial charge in [0.05, 0.1) is 0 Å². The van der Waals surface area contributed by atoms with Crippen LogP contribution in [0.1, 0.15) is 33.1 Å². The Kier molecular flexibility index (Phi) is 6.66. The van der Waals surface area contributed by atoms with E-state index in [1.807, 2.05) is 6.92 Å². The topological polar surface area (TPSA) is 15.3 Å². The Labute approximate surface area is 99.7 Å². The molecule has 2 heteroatoms. The molecule has 90 valence electrons. The lowest BCUT2D eigenvalue weighted by Gasteiger charge is -2.26. The molecule has 0 atom stereocenters. The summed E-state index contributed by atoms with van der Waals surface area (Å²) < 4.78 is 0. The van der Waals surface area contributed by atoms with E-state index in [0.29, 0.717) is 0 Å². The minimum absolute atomic E-state index is 1.01. The zero-order valence-corrected chi connectivity index (χ0v) is 10.6. The highest BCUT2D eigenvalue weighted by molar-refractivity contribution is 5.12. The van der Waals surface area contributed by atoms with Crippen molar-refractivity contribution in [3.05, 3.63) is 36.2 Å². The Morgan fingerprint density at radius 3 is 2.94 bits per heavy atom. The molecule has 1 N–H and O–H groups in total. The Balaban J connectivity index is 2.57. The Hall–Kier alpha value is -1.02. The third kappa shape index (κ3) is 4.67. The van der Waals surface area contributed by atoms with Crippen LogP contribution in [-0.2, 0) is 0 Å². The lowest BCUT2D eigenvalue weighted by atomic mass is 10.2. The van der Waals surface area contributed by atoms with Gasteiger partial charge in [0, 0.05) is 31.5 Å². The highest BCUT2D eigenvalue weighted by atomic mass is 15.1. The van der Waals surface area contributed by atoms with E-state index in [-0.39, 0.29) is 0 Å². The van der Waals surface area contributed by atoms with Gasteiger partial charge in [0.25, 0.3) is 0 Å². The minimum Gasteiger partial charge on any atom is -0.352 e. The van der Waals surface area contributed by atoms with Crippen molar-refractivity contribution in [3.63, 3.8) is 0 Å². The number of nitrogens with zero attached hydrogens (tertiary/aromatic N) is 1. The van der Waals surface area contributed by atoms with Crippen molar-refractivity contribution in [1.29, 1.82) is 0 Å². The van der Waals surface area contributed by atoms with Crippen molar-refractivity contribution >= 4 is 0 Å². The van der Waals surface area contributed by atoms with E-state index in [2.05, 4.69) is 47.6 Å². The molecule has 0 radical (unpaired) electrons. The highest BCUT2D eigenvalue weighted by Gasteiger charge is 2.08. The molecule has 0 bridgehead atoms. The number of rotatable bonds is 6. The van der Waals surface area contributed by atoms with Gasteiger partial charge in [-0.2, -0.15) is 0 Å². The molecule has 16 heavy (non-hydrogen) atoms. The summed E-state index contributed by atoms with van der Waals surface area (Å²) >= 11 is 0. The zero-order valence-electron chi connectivity index (χ0n) is 10.6. The highest BCUT2D eigenvalue weighted by Crippen LogP contribution is 2.13. The quantitative estimate of drug-likeness (QED) is 0.692. The molecule has 1 aliphatic rings. The first kappa shape index (κ1) is 13.0. The molecule has 0 amide bonds. The predicted octanol–water partition coefficient (Wildman–Crippen LogP) is 3.06. The van der Waals surface area contributed by atoms with Crippen LogP contribution in [0.5, 0.6) is 0 Å². The lowest BCUT2D eigenvalue weighted by molar-refractivity contribution is 0.418. The van der Waals surface area contributed by atoms with Gasteiger partial charge in [-0.15, -0.1) is 0 Å². The van der Waals surface area contributed by atoms with Gasteiger partial charge in [0.15, 0.2) is 0 Å². The zero-order chi connectivity index (χ0) is 11.6. The predicted molar refractivity (Wildman–Crippen MR) is 71.1 cm³/mol. The SMILES string of the molecule is C/C=C/C=C/N(CCCC)C1=CCNCC1. The average Bonchev–Trinajstić information content (AvgIpc) is 2.35. The van der Waals surface area contributed by atoms with E-state index in [1.54, 1.807) is 0 Å². The summed E-state index contributed by atoms with van der Waals surface area (Å²) in [6.45, 7) is 7.53. The van der Waals surface area contributed by atoms with Crippen molar-refractivity contribution in [3.8, 4) is 0 Å². The van der Waals surface area contributed by atoms with Crippen LogP contribution in [0, 0.1) is 0 Å². The maximum Gasteiger partial charge on any atom is 0.0222 e. The van der Waals surface area contributed by atoms with Crippen molar-refractivity contribution in [2.24, 2.45) is 0 Å². The third-order valence-electron chi connectivity index (χ3n) is 2.73. The normalized spacial score (nSPS) is 17.0. The number of nitrogens with one attached hydrogen (secondary N) is 1. The van der Waals surface area contributed by atoms with E-state index in [1.165, 1.54) is 18.5 Å². The summed E-state index contributed by atoms with van der Waals surface area (Å²) in [4.78, 5) is 2.39. The van der Waals surface area contributed by atoms with Gasteiger partial charge in [-0.25, -0.2) is 0 Å². The second-order valence-corrected chi connectivity index (χ2v) is 4.06. The first-order valence-corrected chi connectivity index (χ1v) is 6.34. The Bertz CT molecular complexity index is 264. The van der Waals surface area contributed by atoms with Crippen molar-refractivity contribution in [2.75, 3.05) is 19.6 Å². The van der Waals surface area contributed by atoms with Crippen LogP contribution in [0.4, 0.5) is 0 Å². The van der Waals surface area contributed by atoms with Crippen LogP contribution >= 0.6 is 0 Å². The molecular weight excluding hydrogens is 196 g/mol. The van der Waals surface area contributed by atoms with Gasteiger partial charge in [-0.05, 0) is 25.8 Å². The molecular formula is C14H24N2. The summed E-state index contributed by atoms with van der Waals surface area (Å²) in [5.41, 5.74) is 1.47. The van der Waals surface area contributed by atoms with Gasteiger partial charge in [0.2, 0.25) is 0 Å². The second kappa shape index (κ2) is 8.17. The molecule has 0 aliphatic carbocycles. The summed E-state index contributed by atoms with van der Waals surface area (Å²) in [6.07, 6.45) is 14.4. The first-order chi connectivity index (χ1) is 7.88. The molecule has 0 fully saturated rings. The number of allylic oxidation sites excluding steroid dienone is 3. The molecule has 2 nitrogen and oxygen atoms in total. The first-order valence-electron chi connectivity index (χ1n) is 6.34. The molecule has 1 heterocycles. The monoisotopic (exact) mass is 220 g/mol. The standard InChI is InChI=1S/C14H24N2/c1-3-5-7-13-16(12-6-4-2)14-8-10-15-11-9-14/h3,5,7-8,13,15H,4,6,9-12H2,1-2H3/b5-3+,13-7+. The molecule has 0 aromatic carbocycles. The largest absolute Gasteiger partial charge is 0.352 e. The molecule has 1 aliphatic heterocycles. The van der Waals surface area contributed by atoms with Gasteiger partial charge < -0.3 is 10.2 Å². The molecule has 0 spiro atoms. The van der Waals surface area contributed by atoms with Crippen LogP contribution in [-0.4, -0.2) is 24.5 Å². The van der Waals surface area contributed by atoms with E-state index in [4.69, 9.17) is 0 Å². The Morgan fingerprint density at radius 1 is 1.44 bits per heavy atom. The van der Waals surface area contributed by atoms with Crippen LogP contribution in [0.3, 0.4) is 0 Å². The van der Waals surface area contributed by atoms with Gasteiger partial charge in [-0.3, -0.25) is 0 Å². The van der Waals surface area contributed by atoms with Crippen molar-refractivity contribution in [1.82, 2.24) is 10.2 Å². The molecule has 0 saturated heterocycles. The number of unbranched alkanes of at least 4 members (excludes halogenated alkanes) is 1. The molecule has 0 unspecified atom stereocenters. The van der Waals surface area contributed by atoms with Crippen LogP contribution in [0.25, 0.3) is 0 Å². The maximum absolute atomic E-state index is 3.35. The fraction of sp³-hybridized carbons (Fsp3) is 0.571. The fourth-order valence-corrected chi connectivity index (χ4v) is 1.78. The van der Waals surface area contributed by atoms with Crippen LogP contribution < -0.4 is 5.32 Å². The second-order valence-electron chi connectivity index (χ2n) is 4.06. The van der Waals surface area contributed by atoms with E-state index < -0.39 is 0 Å². The van der Waals surface area contributed by atoms with E-state index in [0.717, 1.165) is 26.1 Å². The molecule has 0 aromatic rings. The molecule has 0 saturated carbocycles. The van der Waals surface area contributed by atoms with Crippen LogP contribution in [0.2, 0.25) is 0 Å². The van der Waals surface area contributed by atoms with Gasteiger partial charge in [0.1, 0.15) is 0 Å². The average molecular weight is 220 g/mol. The molecule has 0 aromatic heterocycles. The minimum atomic E-state index is 1.01. The van der Waals surface area contributed by atoms with Crippen molar-refractivity contribution < 1.29 is 0 Å². The van der Waals surface area contributed by atoms with E-state index >= 15 is 0 Å². The van der Waals surface area contributed by atoms with Gasteiger partial charge >= 0.3 is 0 Å². The summed E-state index contributed by atoms with van der Waals surface area (Å²) in [7, 11) is 0. The van der Waals surface area contributed by atoms with Crippen molar-refractivity contribution in [2.45, 2.75) is 33.1 Å². The van der Waals surface area contributed by atoms with Gasteiger partial charge in [-0.1, -0.05) is 31.6 Å². The summed E-state index contributed by atoms with van der Waals surface area (Å²) in [6, 6.07) is 0. The Morgan fingerprint density at radius 2 is 2.31 bits per heavy atom.